The lowest BCUT2D eigenvalue weighted by Crippen LogP contribution is -2.14. The maximum absolute atomic E-state index is 12.7. The molecule has 4 aromatic heterocycles. The fourth-order valence-corrected chi connectivity index (χ4v) is 3.89. The first-order chi connectivity index (χ1) is 13.8. The maximum Gasteiger partial charge on any atom is 0.291 e. The summed E-state index contributed by atoms with van der Waals surface area (Å²) in [6, 6.07) is 3.36. The maximum atomic E-state index is 12.7. The number of aromatic amines is 1. The summed E-state index contributed by atoms with van der Waals surface area (Å²) >= 11 is 1.46. The van der Waals surface area contributed by atoms with E-state index >= 15 is 0 Å². The predicted molar refractivity (Wildman–Crippen MR) is 102 cm³/mol. The molecule has 1 unspecified atom stereocenters. The van der Waals surface area contributed by atoms with E-state index in [9.17, 15) is 4.79 Å². The number of H-pyrrole nitrogens is 1. The number of ether oxygens (including phenoxy) is 1. The molecule has 1 atom stereocenters. The summed E-state index contributed by atoms with van der Waals surface area (Å²) in [7, 11) is 0. The standard InChI is InChI=1S/C18H16N6O3S/c25-17(13-2-1-5-27-13)22-14-15(18-19-4-7-28-18)23-24(12-3-6-26-10-12)16(14)11-8-20-21-9-11/h1-2,4-5,7-9,12H,3,6,10H2,(H,20,21)(H,22,25). The van der Waals surface area contributed by atoms with E-state index in [1.165, 1.54) is 17.6 Å². The molecule has 9 nitrogen and oxygen atoms in total. The number of anilines is 1. The SMILES string of the molecule is O=C(Nc1c(-c2nccs2)nn(C2CCOC2)c1-c1cn[nH]c1)c1ccco1. The monoisotopic (exact) mass is 396 g/mol. The summed E-state index contributed by atoms with van der Waals surface area (Å²) < 4.78 is 12.7. The second-order valence-corrected chi connectivity index (χ2v) is 7.18. The zero-order chi connectivity index (χ0) is 18.9. The number of aromatic nitrogens is 5. The van der Waals surface area contributed by atoms with Gasteiger partial charge >= 0.3 is 0 Å². The summed E-state index contributed by atoms with van der Waals surface area (Å²) in [5, 5.41) is 17.3. The Hall–Kier alpha value is -3.24. The van der Waals surface area contributed by atoms with Gasteiger partial charge in [0.25, 0.3) is 5.91 Å². The van der Waals surface area contributed by atoms with E-state index in [-0.39, 0.29) is 17.7 Å². The minimum atomic E-state index is -0.352. The Morgan fingerprint density at radius 1 is 1.43 bits per heavy atom. The fourth-order valence-electron chi connectivity index (χ4n) is 3.26. The minimum absolute atomic E-state index is 0.0675. The van der Waals surface area contributed by atoms with Gasteiger partial charge in [0.2, 0.25) is 0 Å². The van der Waals surface area contributed by atoms with Crippen LogP contribution in [0.15, 0.2) is 46.8 Å². The van der Waals surface area contributed by atoms with Crippen molar-refractivity contribution in [2.24, 2.45) is 0 Å². The first-order valence-corrected chi connectivity index (χ1v) is 9.63. The molecular weight excluding hydrogens is 380 g/mol. The minimum Gasteiger partial charge on any atom is -0.459 e. The number of carbonyl (C=O) groups is 1. The van der Waals surface area contributed by atoms with Crippen molar-refractivity contribution >= 4 is 22.9 Å². The van der Waals surface area contributed by atoms with Gasteiger partial charge in [0, 0.05) is 29.9 Å². The Bertz CT molecular complexity index is 1060. The average molecular weight is 396 g/mol. The van der Waals surface area contributed by atoms with Gasteiger partial charge in [-0.15, -0.1) is 11.3 Å². The summed E-state index contributed by atoms with van der Waals surface area (Å²) in [6.07, 6.45) is 7.50. The number of thiazole rings is 1. The van der Waals surface area contributed by atoms with Crippen molar-refractivity contribution in [3.05, 3.63) is 48.1 Å². The molecule has 2 N–H and O–H groups in total. The van der Waals surface area contributed by atoms with E-state index in [1.54, 1.807) is 30.7 Å². The third kappa shape index (κ3) is 2.92. The number of carbonyl (C=O) groups excluding carboxylic acids is 1. The van der Waals surface area contributed by atoms with Crippen molar-refractivity contribution < 1.29 is 13.9 Å². The molecule has 1 aliphatic rings. The Kier molecular flexibility index (Phi) is 4.26. The Labute approximate surface area is 163 Å². The highest BCUT2D eigenvalue weighted by Gasteiger charge is 2.30. The van der Waals surface area contributed by atoms with Crippen LogP contribution in [0.1, 0.15) is 23.0 Å². The number of nitrogens with zero attached hydrogens (tertiary/aromatic N) is 4. The van der Waals surface area contributed by atoms with Gasteiger partial charge in [0.1, 0.15) is 10.7 Å². The zero-order valence-electron chi connectivity index (χ0n) is 14.7. The summed E-state index contributed by atoms with van der Waals surface area (Å²) in [5.74, 6) is -0.130. The topological polar surface area (TPSA) is 111 Å². The second kappa shape index (κ2) is 7.06. The van der Waals surface area contributed by atoms with Crippen LogP contribution in [0.2, 0.25) is 0 Å². The number of hydrogen-bond acceptors (Lipinski definition) is 7. The van der Waals surface area contributed by atoms with Crippen molar-refractivity contribution in [2.75, 3.05) is 18.5 Å². The van der Waals surface area contributed by atoms with Crippen molar-refractivity contribution in [1.82, 2.24) is 25.0 Å². The molecule has 1 saturated heterocycles. The molecule has 28 heavy (non-hydrogen) atoms. The van der Waals surface area contributed by atoms with Gasteiger partial charge in [0.15, 0.2) is 5.76 Å². The lowest BCUT2D eigenvalue weighted by molar-refractivity contribution is 0.0996. The highest BCUT2D eigenvalue weighted by molar-refractivity contribution is 7.13. The lowest BCUT2D eigenvalue weighted by Gasteiger charge is -2.13. The number of amides is 1. The highest BCUT2D eigenvalue weighted by Crippen LogP contribution is 2.40. The van der Waals surface area contributed by atoms with Crippen LogP contribution in [-0.4, -0.2) is 44.1 Å². The summed E-state index contributed by atoms with van der Waals surface area (Å²) in [4.78, 5) is 17.1. The van der Waals surface area contributed by atoms with Gasteiger partial charge in [-0.3, -0.25) is 14.6 Å². The molecule has 0 radical (unpaired) electrons. The lowest BCUT2D eigenvalue weighted by atomic mass is 10.1. The first kappa shape index (κ1) is 16.9. The molecule has 1 amide bonds. The molecule has 0 saturated carbocycles. The Balaban J connectivity index is 1.68. The van der Waals surface area contributed by atoms with Crippen LogP contribution < -0.4 is 5.32 Å². The van der Waals surface area contributed by atoms with E-state index in [1.807, 2.05) is 10.1 Å². The van der Waals surface area contributed by atoms with Crippen molar-refractivity contribution in [3.8, 4) is 22.0 Å². The molecule has 1 fully saturated rings. The van der Waals surface area contributed by atoms with Crippen LogP contribution in [0.5, 0.6) is 0 Å². The van der Waals surface area contributed by atoms with Crippen LogP contribution in [-0.2, 0) is 4.74 Å². The molecule has 1 aliphatic heterocycles. The quantitative estimate of drug-likeness (QED) is 0.536. The van der Waals surface area contributed by atoms with E-state index in [2.05, 4.69) is 20.5 Å². The molecule has 5 rings (SSSR count). The van der Waals surface area contributed by atoms with Crippen LogP contribution >= 0.6 is 11.3 Å². The average Bonchev–Trinajstić information content (AvgIpc) is 3.54. The molecule has 4 aromatic rings. The van der Waals surface area contributed by atoms with E-state index < -0.39 is 0 Å². The smallest absolute Gasteiger partial charge is 0.291 e. The molecule has 10 heteroatoms. The third-order valence-electron chi connectivity index (χ3n) is 4.55. The van der Waals surface area contributed by atoms with E-state index in [4.69, 9.17) is 14.3 Å². The van der Waals surface area contributed by atoms with Gasteiger partial charge in [-0.2, -0.15) is 10.2 Å². The molecule has 0 bridgehead atoms. The molecule has 5 heterocycles. The number of nitrogens with one attached hydrogen (secondary N) is 2. The highest BCUT2D eigenvalue weighted by atomic mass is 32.1. The number of rotatable bonds is 5. The molecule has 0 aromatic carbocycles. The zero-order valence-corrected chi connectivity index (χ0v) is 15.5. The van der Waals surface area contributed by atoms with Crippen LogP contribution in [0.3, 0.4) is 0 Å². The summed E-state index contributed by atoms with van der Waals surface area (Å²) in [5.41, 5.74) is 2.76. The first-order valence-electron chi connectivity index (χ1n) is 8.75. The Morgan fingerprint density at radius 3 is 3.07 bits per heavy atom. The van der Waals surface area contributed by atoms with Crippen LogP contribution in [0.4, 0.5) is 5.69 Å². The normalized spacial score (nSPS) is 16.5. The van der Waals surface area contributed by atoms with Crippen molar-refractivity contribution in [1.29, 1.82) is 0 Å². The Morgan fingerprint density at radius 2 is 2.39 bits per heavy atom. The van der Waals surface area contributed by atoms with E-state index in [0.717, 1.165) is 22.7 Å². The van der Waals surface area contributed by atoms with Crippen molar-refractivity contribution in [3.63, 3.8) is 0 Å². The van der Waals surface area contributed by atoms with Crippen LogP contribution in [0, 0.1) is 0 Å². The van der Waals surface area contributed by atoms with Gasteiger partial charge in [-0.1, -0.05) is 0 Å². The molecule has 142 valence electrons. The van der Waals surface area contributed by atoms with Crippen LogP contribution in [0.25, 0.3) is 22.0 Å². The second-order valence-electron chi connectivity index (χ2n) is 6.29. The van der Waals surface area contributed by atoms with Crippen molar-refractivity contribution in [2.45, 2.75) is 12.5 Å². The predicted octanol–water partition coefficient (Wildman–Crippen LogP) is 3.20. The number of furan rings is 1. The van der Waals surface area contributed by atoms with Gasteiger partial charge in [-0.05, 0) is 18.6 Å². The third-order valence-corrected chi connectivity index (χ3v) is 5.33. The van der Waals surface area contributed by atoms with Gasteiger partial charge < -0.3 is 14.5 Å². The molecule has 0 aliphatic carbocycles. The molecular formula is C18H16N6O3S. The molecule has 0 spiro atoms. The van der Waals surface area contributed by atoms with Gasteiger partial charge in [-0.25, -0.2) is 4.98 Å². The van der Waals surface area contributed by atoms with E-state index in [0.29, 0.717) is 24.6 Å². The summed E-state index contributed by atoms with van der Waals surface area (Å²) in [6.45, 7) is 1.24. The fraction of sp³-hybridized carbons (Fsp3) is 0.222. The largest absolute Gasteiger partial charge is 0.459 e. The van der Waals surface area contributed by atoms with Gasteiger partial charge in [0.05, 0.1) is 36.5 Å². The number of hydrogen-bond donors (Lipinski definition) is 2.